The van der Waals surface area contributed by atoms with E-state index in [4.69, 9.17) is 0 Å². The first-order valence-electron chi connectivity index (χ1n) is 4.89. The minimum atomic E-state index is 0.0458. The quantitative estimate of drug-likeness (QED) is 0.804. The molecule has 4 heteroatoms. The van der Waals surface area contributed by atoms with Gasteiger partial charge in [-0.15, -0.1) is 11.3 Å². The normalized spacial score (nSPS) is 10.5. The standard InChI is InChI=1S/C11H12N2OS/c1-2-8-3-4-9(15-8)7-10(14)11-12-5-6-13-11/h3-6H,2,7H2,1H3,(H,12,13). The van der Waals surface area contributed by atoms with E-state index in [0.717, 1.165) is 11.3 Å². The summed E-state index contributed by atoms with van der Waals surface area (Å²) in [5.74, 6) is 0.492. The van der Waals surface area contributed by atoms with Crippen LogP contribution in [0.4, 0.5) is 0 Å². The zero-order valence-electron chi connectivity index (χ0n) is 8.49. The molecule has 3 nitrogen and oxygen atoms in total. The molecule has 2 heterocycles. The van der Waals surface area contributed by atoms with E-state index >= 15 is 0 Å². The number of thiophene rings is 1. The monoisotopic (exact) mass is 220 g/mol. The van der Waals surface area contributed by atoms with E-state index in [1.807, 2.05) is 6.07 Å². The first kappa shape index (κ1) is 10.1. The highest BCUT2D eigenvalue weighted by Gasteiger charge is 2.10. The zero-order valence-corrected chi connectivity index (χ0v) is 9.30. The van der Waals surface area contributed by atoms with Gasteiger partial charge in [0.1, 0.15) is 0 Å². The minimum Gasteiger partial charge on any atom is -0.342 e. The highest BCUT2D eigenvalue weighted by Crippen LogP contribution is 2.18. The summed E-state index contributed by atoms with van der Waals surface area (Å²) in [5, 5.41) is 0. The maximum Gasteiger partial charge on any atom is 0.203 e. The molecule has 15 heavy (non-hydrogen) atoms. The molecule has 78 valence electrons. The number of rotatable bonds is 4. The number of Topliss-reactive ketones (excluding diaryl/α,β-unsaturated/α-hetero) is 1. The number of H-pyrrole nitrogens is 1. The Kier molecular flexibility index (Phi) is 2.97. The van der Waals surface area contributed by atoms with Crippen molar-refractivity contribution in [3.63, 3.8) is 0 Å². The van der Waals surface area contributed by atoms with Gasteiger partial charge in [0, 0.05) is 28.6 Å². The zero-order chi connectivity index (χ0) is 10.7. The highest BCUT2D eigenvalue weighted by atomic mass is 32.1. The van der Waals surface area contributed by atoms with Gasteiger partial charge in [0.15, 0.2) is 5.82 Å². The molecular weight excluding hydrogens is 208 g/mol. The number of hydrogen-bond donors (Lipinski definition) is 1. The lowest BCUT2D eigenvalue weighted by Crippen LogP contribution is -2.04. The van der Waals surface area contributed by atoms with Crippen LogP contribution < -0.4 is 0 Å². The molecule has 0 amide bonds. The van der Waals surface area contributed by atoms with Crippen LogP contribution in [0.25, 0.3) is 0 Å². The number of aryl methyl sites for hydroxylation is 1. The summed E-state index contributed by atoms with van der Waals surface area (Å²) < 4.78 is 0. The second-order valence-corrected chi connectivity index (χ2v) is 4.51. The molecule has 0 aliphatic heterocycles. The summed E-state index contributed by atoms with van der Waals surface area (Å²) in [7, 11) is 0. The van der Waals surface area contributed by atoms with Crippen LogP contribution in [0.5, 0.6) is 0 Å². The Labute approximate surface area is 92.2 Å². The third-order valence-electron chi connectivity index (χ3n) is 2.16. The van der Waals surface area contributed by atoms with Crippen molar-refractivity contribution in [1.29, 1.82) is 0 Å². The van der Waals surface area contributed by atoms with Crippen LogP contribution in [0.2, 0.25) is 0 Å². The predicted molar refractivity (Wildman–Crippen MR) is 60.3 cm³/mol. The van der Waals surface area contributed by atoms with Gasteiger partial charge in [0.25, 0.3) is 0 Å². The van der Waals surface area contributed by atoms with Gasteiger partial charge in [-0.3, -0.25) is 4.79 Å². The van der Waals surface area contributed by atoms with Gasteiger partial charge >= 0.3 is 0 Å². The predicted octanol–water partition coefficient (Wildman–Crippen LogP) is 2.46. The van der Waals surface area contributed by atoms with E-state index in [1.54, 1.807) is 23.7 Å². The summed E-state index contributed by atoms with van der Waals surface area (Å²) in [4.78, 5) is 20.9. The number of aromatic nitrogens is 2. The minimum absolute atomic E-state index is 0.0458. The second kappa shape index (κ2) is 4.40. The Balaban J connectivity index is 2.06. The van der Waals surface area contributed by atoms with Crippen molar-refractivity contribution in [2.45, 2.75) is 19.8 Å². The molecule has 0 atom stereocenters. The number of carbonyl (C=O) groups excluding carboxylic acids is 1. The lowest BCUT2D eigenvalue weighted by Gasteiger charge is -1.93. The smallest absolute Gasteiger partial charge is 0.203 e. The second-order valence-electron chi connectivity index (χ2n) is 3.26. The van der Waals surface area contributed by atoms with Gasteiger partial charge in [-0.25, -0.2) is 4.98 Å². The molecule has 0 aliphatic carbocycles. The Morgan fingerprint density at radius 3 is 2.87 bits per heavy atom. The molecule has 0 bridgehead atoms. The lowest BCUT2D eigenvalue weighted by molar-refractivity contribution is 0.0985. The van der Waals surface area contributed by atoms with Gasteiger partial charge in [0.05, 0.1) is 0 Å². The van der Waals surface area contributed by atoms with Crippen molar-refractivity contribution in [3.8, 4) is 0 Å². The summed E-state index contributed by atoms with van der Waals surface area (Å²) in [5.41, 5.74) is 0. The number of nitrogens with zero attached hydrogens (tertiary/aromatic N) is 1. The molecule has 0 fully saturated rings. The fourth-order valence-corrected chi connectivity index (χ4v) is 2.32. The van der Waals surface area contributed by atoms with Crippen LogP contribution in [-0.2, 0) is 12.8 Å². The maximum atomic E-state index is 11.7. The van der Waals surface area contributed by atoms with E-state index < -0.39 is 0 Å². The number of aromatic amines is 1. The number of ketones is 1. The molecule has 0 radical (unpaired) electrons. The molecular formula is C11H12N2OS. The molecule has 0 unspecified atom stereocenters. The Bertz CT molecular complexity index is 445. The van der Waals surface area contributed by atoms with Gasteiger partial charge in [-0.05, 0) is 18.6 Å². The van der Waals surface area contributed by atoms with Crippen LogP contribution in [0, 0.1) is 0 Å². The third-order valence-corrected chi connectivity index (χ3v) is 3.39. The number of carbonyl (C=O) groups is 1. The largest absolute Gasteiger partial charge is 0.342 e. The van der Waals surface area contributed by atoms with Crippen molar-refractivity contribution in [2.75, 3.05) is 0 Å². The number of nitrogens with one attached hydrogen (secondary N) is 1. The van der Waals surface area contributed by atoms with Crippen molar-refractivity contribution < 1.29 is 4.79 Å². The summed E-state index contributed by atoms with van der Waals surface area (Å²) >= 11 is 1.70. The molecule has 0 aliphatic rings. The Morgan fingerprint density at radius 1 is 1.47 bits per heavy atom. The summed E-state index contributed by atoms with van der Waals surface area (Å²) in [6.07, 6.45) is 4.73. The first-order valence-corrected chi connectivity index (χ1v) is 5.71. The van der Waals surface area contributed by atoms with E-state index in [0.29, 0.717) is 12.2 Å². The average Bonchev–Trinajstić information content (AvgIpc) is 2.87. The molecule has 2 aromatic heterocycles. The van der Waals surface area contributed by atoms with Crippen LogP contribution in [0.1, 0.15) is 27.3 Å². The molecule has 0 spiro atoms. The van der Waals surface area contributed by atoms with E-state index in [-0.39, 0.29) is 5.78 Å². The van der Waals surface area contributed by atoms with Gasteiger partial charge in [0.2, 0.25) is 5.78 Å². The van der Waals surface area contributed by atoms with Crippen LogP contribution in [0.3, 0.4) is 0 Å². The summed E-state index contributed by atoms with van der Waals surface area (Å²) in [6.45, 7) is 2.12. The fraction of sp³-hybridized carbons (Fsp3) is 0.273. The fourth-order valence-electron chi connectivity index (χ4n) is 1.37. The highest BCUT2D eigenvalue weighted by molar-refractivity contribution is 7.12. The number of imidazole rings is 1. The van der Waals surface area contributed by atoms with E-state index in [1.165, 1.54) is 4.88 Å². The molecule has 2 aromatic rings. The molecule has 0 saturated carbocycles. The van der Waals surface area contributed by atoms with Gasteiger partial charge < -0.3 is 4.98 Å². The molecule has 2 rings (SSSR count). The number of hydrogen-bond acceptors (Lipinski definition) is 3. The summed E-state index contributed by atoms with van der Waals surface area (Å²) in [6, 6.07) is 4.10. The van der Waals surface area contributed by atoms with Crippen molar-refractivity contribution in [3.05, 3.63) is 40.1 Å². The van der Waals surface area contributed by atoms with Crippen molar-refractivity contribution >= 4 is 17.1 Å². The lowest BCUT2D eigenvalue weighted by atomic mass is 10.2. The molecule has 0 aromatic carbocycles. The Hall–Kier alpha value is -1.42. The van der Waals surface area contributed by atoms with Crippen LogP contribution in [-0.4, -0.2) is 15.8 Å². The van der Waals surface area contributed by atoms with Gasteiger partial charge in [-0.2, -0.15) is 0 Å². The van der Waals surface area contributed by atoms with Crippen molar-refractivity contribution in [1.82, 2.24) is 9.97 Å². The first-order chi connectivity index (χ1) is 7.29. The van der Waals surface area contributed by atoms with E-state index in [2.05, 4.69) is 23.0 Å². The van der Waals surface area contributed by atoms with Crippen LogP contribution in [0.15, 0.2) is 24.5 Å². The third kappa shape index (κ3) is 2.33. The SMILES string of the molecule is CCc1ccc(CC(=O)c2ncc[nH]2)s1. The average molecular weight is 220 g/mol. The molecule has 0 saturated heterocycles. The molecule has 1 N–H and O–H groups in total. The van der Waals surface area contributed by atoms with Gasteiger partial charge in [-0.1, -0.05) is 6.92 Å². The van der Waals surface area contributed by atoms with Crippen LogP contribution >= 0.6 is 11.3 Å². The maximum absolute atomic E-state index is 11.7. The van der Waals surface area contributed by atoms with Crippen molar-refractivity contribution in [2.24, 2.45) is 0 Å². The topological polar surface area (TPSA) is 45.8 Å². The Morgan fingerprint density at radius 2 is 2.27 bits per heavy atom. The van der Waals surface area contributed by atoms with E-state index in [9.17, 15) is 4.79 Å².